The number of nitrogens with one attached hydrogen (secondary N) is 2. The number of aliphatic carboxylic acids is 1. The quantitative estimate of drug-likeness (QED) is 0.583. The minimum absolute atomic E-state index is 0.341. The van der Waals surface area contributed by atoms with Crippen molar-refractivity contribution in [1.29, 1.82) is 0 Å². The molecule has 0 radical (unpaired) electrons. The predicted molar refractivity (Wildman–Crippen MR) is 59.0 cm³/mol. The number of hydrogen-bond donors (Lipinski definition) is 3. The summed E-state index contributed by atoms with van der Waals surface area (Å²) in [5, 5.41) is 15.6. The highest BCUT2D eigenvalue weighted by Crippen LogP contribution is 2.03. The SMILES string of the molecule is CCC(C(=O)O)N1CCNCCNCC1. The highest BCUT2D eigenvalue weighted by atomic mass is 16.4. The Hall–Kier alpha value is -0.650. The fourth-order valence-corrected chi connectivity index (χ4v) is 1.88. The van der Waals surface area contributed by atoms with E-state index in [4.69, 9.17) is 5.11 Å². The third-order valence-corrected chi connectivity index (χ3v) is 2.74. The summed E-state index contributed by atoms with van der Waals surface area (Å²) < 4.78 is 0. The van der Waals surface area contributed by atoms with Crippen molar-refractivity contribution in [3.8, 4) is 0 Å². The number of carboxylic acids is 1. The summed E-state index contributed by atoms with van der Waals surface area (Å²) in [6, 6.07) is -0.341. The normalized spacial score (nSPS) is 22.5. The zero-order valence-corrected chi connectivity index (χ0v) is 9.33. The predicted octanol–water partition coefficient (Wildman–Crippen LogP) is -0.656. The van der Waals surface area contributed by atoms with Crippen LogP contribution in [0.5, 0.6) is 0 Å². The van der Waals surface area contributed by atoms with E-state index in [-0.39, 0.29) is 6.04 Å². The molecule has 0 aromatic heterocycles. The second kappa shape index (κ2) is 6.76. The van der Waals surface area contributed by atoms with Gasteiger partial charge in [0.25, 0.3) is 0 Å². The molecule has 0 saturated carbocycles. The number of rotatable bonds is 3. The summed E-state index contributed by atoms with van der Waals surface area (Å²) in [4.78, 5) is 13.1. The van der Waals surface area contributed by atoms with Crippen LogP contribution in [0.25, 0.3) is 0 Å². The fraction of sp³-hybridized carbons (Fsp3) is 0.900. The number of carboxylic acid groups (broad SMARTS) is 1. The lowest BCUT2D eigenvalue weighted by molar-refractivity contribution is -0.143. The zero-order chi connectivity index (χ0) is 11.1. The van der Waals surface area contributed by atoms with Crippen molar-refractivity contribution in [2.45, 2.75) is 19.4 Å². The van der Waals surface area contributed by atoms with Crippen molar-refractivity contribution >= 4 is 5.97 Å². The minimum atomic E-state index is -0.711. The largest absolute Gasteiger partial charge is 0.480 e. The Balaban J connectivity index is 2.50. The van der Waals surface area contributed by atoms with Gasteiger partial charge in [-0.1, -0.05) is 6.92 Å². The molecule has 1 fully saturated rings. The van der Waals surface area contributed by atoms with Crippen molar-refractivity contribution in [2.24, 2.45) is 0 Å². The van der Waals surface area contributed by atoms with Gasteiger partial charge in [-0.05, 0) is 6.42 Å². The van der Waals surface area contributed by atoms with Gasteiger partial charge < -0.3 is 15.7 Å². The molecule has 5 nitrogen and oxygen atoms in total. The Morgan fingerprint density at radius 1 is 1.27 bits per heavy atom. The number of nitrogens with zero attached hydrogens (tertiary/aromatic N) is 1. The third kappa shape index (κ3) is 4.15. The molecular weight excluding hydrogens is 194 g/mol. The van der Waals surface area contributed by atoms with Crippen LogP contribution < -0.4 is 10.6 Å². The van der Waals surface area contributed by atoms with Gasteiger partial charge in [-0.15, -0.1) is 0 Å². The summed E-state index contributed by atoms with van der Waals surface area (Å²) >= 11 is 0. The molecule has 1 unspecified atom stereocenters. The Kier molecular flexibility index (Phi) is 5.60. The second-order valence-electron chi connectivity index (χ2n) is 3.80. The molecule has 1 rings (SSSR count). The van der Waals surface area contributed by atoms with Crippen molar-refractivity contribution < 1.29 is 9.90 Å². The zero-order valence-electron chi connectivity index (χ0n) is 9.33. The van der Waals surface area contributed by atoms with Crippen LogP contribution >= 0.6 is 0 Å². The topological polar surface area (TPSA) is 64.6 Å². The van der Waals surface area contributed by atoms with Crippen LogP contribution in [0.2, 0.25) is 0 Å². The average Bonchev–Trinajstić information content (AvgIpc) is 2.32. The van der Waals surface area contributed by atoms with Crippen molar-refractivity contribution in [2.75, 3.05) is 39.3 Å². The van der Waals surface area contributed by atoms with E-state index in [0.717, 1.165) is 39.3 Å². The molecule has 15 heavy (non-hydrogen) atoms. The lowest BCUT2D eigenvalue weighted by Gasteiger charge is -2.27. The van der Waals surface area contributed by atoms with E-state index >= 15 is 0 Å². The molecule has 1 aliphatic heterocycles. The summed E-state index contributed by atoms with van der Waals surface area (Å²) in [6.07, 6.45) is 0.662. The standard InChI is InChI=1S/C10H21N3O2/c1-2-9(10(14)15)13-7-5-11-3-4-12-6-8-13/h9,11-12H,2-8H2,1H3,(H,14,15). The van der Waals surface area contributed by atoms with E-state index in [1.54, 1.807) is 0 Å². The molecule has 1 atom stereocenters. The smallest absolute Gasteiger partial charge is 0.320 e. The molecule has 0 bridgehead atoms. The van der Waals surface area contributed by atoms with E-state index in [1.807, 2.05) is 11.8 Å². The molecule has 1 heterocycles. The molecule has 5 heteroatoms. The van der Waals surface area contributed by atoms with E-state index in [2.05, 4.69) is 10.6 Å². The first-order valence-corrected chi connectivity index (χ1v) is 5.64. The Morgan fingerprint density at radius 3 is 2.20 bits per heavy atom. The van der Waals surface area contributed by atoms with Gasteiger partial charge in [-0.3, -0.25) is 9.69 Å². The van der Waals surface area contributed by atoms with E-state index in [1.165, 1.54) is 0 Å². The van der Waals surface area contributed by atoms with Crippen LogP contribution in [0.4, 0.5) is 0 Å². The summed E-state index contributed by atoms with van der Waals surface area (Å²) in [6.45, 7) is 7.19. The maximum Gasteiger partial charge on any atom is 0.320 e. The number of carbonyl (C=O) groups is 1. The monoisotopic (exact) mass is 215 g/mol. The molecule has 1 saturated heterocycles. The van der Waals surface area contributed by atoms with Gasteiger partial charge in [0.05, 0.1) is 0 Å². The van der Waals surface area contributed by atoms with Gasteiger partial charge in [0.15, 0.2) is 0 Å². The average molecular weight is 215 g/mol. The summed E-state index contributed by atoms with van der Waals surface area (Å²) in [5.74, 6) is -0.711. The van der Waals surface area contributed by atoms with Gasteiger partial charge in [-0.25, -0.2) is 0 Å². The van der Waals surface area contributed by atoms with E-state index in [0.29, 0.717) is 6.42 Å². The molecule has 0 aromatic rings. The molecule has 1 aliphatic rings. The molecular formula is C10H21N3O2. The van der Waals surface area contributed by atoms with Crippen LogP contribution in [0.15, 0.2) is 0 Å². The van der Waals surface area contributed by atoms with Gasteiger partial charge in [0.1, 0.15) is 6.04 Å². The third-order valence-electron chi connectivity index (χ3n) is 2.74. The van der Waals surface area contributed by atoms with Crippen molar-refractivity contribution in [1.82, 2.24) is 15.5 Å². The van der Waals surface area contributed by atoms with Crippen LogP contribution in [0, 0.1) is 0 Å². The molecule has 0 spiro atoms. The number of hydrogen-bond acceptors (Lipinski definition) is 4. The maximum atomic E-state index is 11.0. The minimum Gasteiger partial charge on any atom is -0.480 e. The lowest BCUT2D eigenvalue weighted by atomic mass is 10.2. The summed E-state index contributed by atoms with van der Waals surface area (Å²) in [7, 11) is 0. The summed E-state index contributed by atoms with van der Waals surface area (Å²) in [5.41, 5.74) is 0. The second-order valence-corrected chi connectivity index (χ2v) is 3.80. The van der Waals surface area contributed by atoms with E-state index in [9.17, 15) is 4.79 Å². The lowest BCUT2D eigenvalue weighted by Crippen LogP contribution is -2.45. The Labute approximate surface area is 90.8 Å². The van der Waals surface area contributed by atoms with Crippen molar-refractivity contribution in [3.05, 3.63) is 0 Å². The van der Waals surface area contributed by atoms with Gasteiger partial charge in [-0.2, -0.15) is 0 Å². The Bertz CT molecular complexity index is 189. The van der Waals surface area contributed by atoms with Gasteiger partial charge >= 0.3 is 5.97 Å². The molecule has 0 aliphatic carbocycles. The molecule has 3 N–H and O–H groups in total. The van der Waals surface area contributed by atoms with Gasteiger partial charge in [0.2, 0.25) is 0 Å². The first-order chi connectivity index (χ1) is 7.25. The van der Waals surface area contributed by atoms with Crippen LogP contribution in [0.3, 0.4) is 0 Å². The molecule has 0 amide bonds. The molecule has 88 valence electrons. The van der Waals surface area contributed by atoms with Crippen LogP contribution in [-0.4, -0.2) is 61.3 Å². The highest BCUT2D eigenvalue weighted by molar-refractivity contribution is 5.73. The van der Waals surface area contributed by atoms with Crippen LogP contribution in [0.1, 0.15) is 13.3 Å². The first-order valence-electron chi connectivity index (χ1n) is 5.64. The van der Waals surface area contributed by atoms with Crippen molar-refractivity contribution in [3.63, 3.8) is 0 Å². The fourth-order valence-electron chi connectivity index (χ4n) is 1.88. The highest BCUT2D eigenvalue weighted by Gasteiger charge is 2.23. The molecule has 0 aromatic carbocycles. The first kappa shape index (κ1) is 12.4. The van der Waals surface area contributed by atoms with E-state index < -0.39 is 5.97 Å². The van der Waals surface area contributed by atoms with Crippen LogP contribution in [-0.2, 0) is 4.79 Å². The maximum absolute atomic E-state index is 11.0. The Morgan fingerprint density at radius 2 is 1.80 bits per heavy atom. The van der Waals surface area contributed by atoms with Gasteiger partial charge in [0, 0.05) is 39.3 Å².